The van der Waals surface area contributed by atoms with Crippen LogP contribution in [0.2, 0.25) is 32.7 Å². The fraction of sp³-hybridized carbons (Fsp3) is 1.00. The summed E-state index contributed by atoms with van der Waals surface area (Å²) in [6.45, 7) is 10.8. The van der Waals surface area contributed by atoms with Crippen molar-refractivity contribution in [3.05, 3.63) is 0 Å². The third kappa shape index (κ3) is 3.69. The second-order valence-corrected chi connectivity index (χ2v) is 22.6. The van der Waals surface area contributed by atoms with Gasteiger partial charge in [-0.2, -0.15) is 0 Å². The average molecular weight is 304 g/mol. The Labute approximate surface area is 82.5 Å². The molecule has 4 heteroatoms. The van der Waals surface area contributed by atoms with Crippen LogP contribution in [0.15, 0.2) is 0 Å². The average Bonchev–Trinajstić information content (AvgIpc) is 1.59. The van der Waals surface area contributed by atoms with Gasteiger partial charge < -0.3 is 0 Å². The molecule has 1 atom stereocenters. The van der Waals surface area contributed by atoms with Crippen molar-refractivity contribution in [2.75, 3.05) is 0 Å². The van der Waals surface area contributed by atoms with Crippen molar-refractivity contribution in [3.8, 4) is 0 Å². The summed E-state index contributed by atoms with van der Waals surface area (Å²) in [6.07, 6.45) is 0. The fourth-order valence-corrected chi connectivity index (χ4v) is 15.4. The van der Waals surface area contributed by atoms with E-state index in [1.807, 2.05) is 0 Å². The van der Waals surface area contributed by atoms with Gasteiger partial charge in [0.05, 0.1) is 8.07 Å². The first-order valence-electron chi connectivity index (χ1n) is 3.48. The molecule has 0 fully saturated rings. The maximum Gasteiger partial charge on any atom is 0.135 e. The van der Waals surface area contributed by atoms with Gasteiger partial charge in [0.1, 0.15) is 6.69 Å². The largest absolute Gasteiger partial charge is 0.135 e. The van der Waals surface area contributed by atoms with E-state index in [0.29, 0.717) is 0 Å². The number of alkyl halides is 1. The number of hydrogen-bond donors (Lipinski definition) is 0. The number of hydrogen-bond acceptors (Lipinski definition) is 0. The lowest BCUT2D eigenvalue weighted by Gasteiger charge is -2.31. The van der Waals surface area contributed by atoms with Gasteiger partial charge in [-0.3, -0.25) is 0 Å². The lowest BCUT2D eigenvalue weighted by molar-refractivity contribution is 1.55. The van der Waals surface area contributed by atoms with E-state index in [0.717, 1.165) is 4.07 Å². The van der Waals surface area contributed by atoms with E-state index in [9.17, 15) is 0 Å². The van der Waals surface area contributed by atoms with Crippen molar-refractivity contribution in [1.82, 2.24) is 0 Å². The van der Waals surface area contributed by atoms with Crippen LogP contribution in [0, 0.1) is 0 Å². The fourth-order valence-electron chi connectivity index (χ4n) is 1.03. The summed E-state index contributed by atoms with van der Waals surface area (Å²) < 4.78 is 0.771. The summed E-state index contributed by atoms with van der Waals surface area (Å²) >= 11 is 7.60. The van der Waals surface area contributed by atoms with Gasteiger partial charge in [-0.05, 0) is 0 Å². The van der Waals surface area contributed by atoms with Gasteiger partial charge in [0.25, 0.3) is 0 Å². The smallest absolute Gasteiger partial charge is 0.126 e. The molecule has 0 heterocycles. The van der Waals surface area contributed by atoms with Gasteiger partial charge in [0, 0.05) is 4.07 Å². The zero-order chi connectivity index (χ0) is 8.58. The Morgan fingerprint density at radius 1 is 1.00 bits per heavy atom. The third-order valence-electron chi connectivity index (χ3n) is 1.36. The van der Waals surface area contributed by atoms with Gasteiger partial charge in [-0.1, -0.05) is 48.7 Å². The molecule has 10 heavy (non-hydrogen) atoms. The Hall–Kier alpha value is 1.39. The van der Waals surface area contributed by atoms with E-state index in [-0.39, 0.29) is 0 Å². The lowest BCUT2D eigenvalue weighted by Crippen LogP contribution is -2.47. The van der Waals surface area contributed by atoms with Crippen LogP contribution in [0.3, 0.4) is 0 Å². The van der Waals surface area contributed by atoms with Crippen molar-refractivity contribution in [2.45, 2.75) is 36.8 Å². The van der Waals surface area contributed by atoms with Crippen molar-refractivity contribution >= 4 is 46.0 Å². The summed E-state index contributed by atoms with van der Waals surface area (Å²) in [5, 5.41) is 0. The van der Waals surface area contributed by atoms with Gasteiger partial charge in [-0.25, -0.2) is 0 Å². The van der Waals surface area contributed by atoms with Gasteiger partial charge in [0.15, 0.2) is 0 Å². The summed E-state index contributed by atoms with van der Waals surface area (Å²) in [5.41, 5.74) is 0. The molecule has 0 saturated heterocycles. The summed E-state index contributed by atoms with van der Waals surface area (Å²) in [5.74, 6) is 0. The molecule has 0 nitrogen and oxygen atoms in total. The molecule has 0 bridgehead atoms. The highest BCUT2D eigenvalue weighted by atomic mass is 79.9. The minimum atomic E-state index is -1.11. The van der Waals surface area contributed by atoms with Gasteiger partial charge >= 0.3 is 0 Å². The minimum Gasteiger partial charge on any atom is -0.126 e. The molecule has 0 N–H and O–H groups in total. The normalized spacial score (nSPS) is 17.1. The molecular weight excluding hydrogens is 288 g/mol. The molecular formula is C6H16Br2Si2. The van der Waals surface area contributed by atoms with E-state index >= 15 is 0 Å². The molecule has 0 amide bonds. The molecule has 1 unspecified atom stereocenters. The highest BCUT2D eigenvalue weighted by Crippen LogP contribution is 2.30. The SMILES string of the molecule is C[Si](C)(C)C(Br)[Si](C)(C)Br. The molecule has 0 rings (SSSR count). The molecule has 0 aliphatic rings. The number of rotatable bonds is 2. The summed E-state index contributed by atoms with van der Waals surface area (Å²) in [6, 6.07) is 0. The molecule has 0 spiro atoms. The maximum atomic E-state index is 3.81. The highest BCUT2D eigenvalue weighted by molar-refractivity contribution is 9.27. The minimum absolute atomic E-state index is 0.771. The Bertz CT molecular complexity index is 97.9. The van der Waals surface area contributed by atoms with E-state index in [1.165, 1.54) is 0 Å². The van der Waals surface area contributed by atoms with Crippen molar-refractivity contribution in [3.63, 3.8) is 0 Å². The monoisotopic (exact) mass is 302 g/mol. The van der Waals surface area contributed by atoms with E-state index in [4.69, 9.17) is 0 Å². The molecule has 0 aliphatic carbocycles. The quantitative estimate of drug-likeness (QED) is 0.414. The molecule has 0 aromatic heterocycles. The standard InChI is InChI=1S/C6H16Br2Si2/c1-9(2,3)6(7)10(4,5)8/h6H,1-5H3. The molecule has 62 valence electrons. The molecule has 0 aromatic rings. The van der Waals surface area contributed by atoms with Crippen LogP contribution in [0.25, 0.3) is 0 Å². The van der Waals surface area contributed by atoms with Crippen molar-refractivity contribution in [1.29, 1.82) is 0 Å². The Morgan fingerprint density at radius 2 is 1.30 bits per heavy atom. The first-order chi connectivity index (χ1) is 4.15. The van der Waals surface area contributed by atoms with Gasteiger partial charge in [-0.15, -0.1) is 15.3 Å². The Balaban J connectivity index is 4.23. The molecule has 0 saturated carbocycles. The third-order valence-corrected chi connectivity index (χ3v) is 20.9. The Kier molecular flexibility index (Phi) is 3.89. The summed E-state index contributed by atoms with van der Waals surface area (Å²) in [4.78, 5) is 0. The zero-order valence-electron chi connectivity index (χ0n) is 7.33. The number of halogens is 2. The predicted molar refractivity (Wildman–Crippen MR) is 62.5 cm³/mol. The molecule has 0 radical (unpaired) electrons. The van der Waals surface area contributed by atoms with E-state index in [1.54, 1.807) is 0 Å². The lowest BCUT2D eigenvalue weighted by atomic mass is 11.7. The first kappa shape index (κ1) is 11.4. The van der Waals surface area contributed by atoms with Crippen LogP contribution in [0.4, 0.5) is 0 Å². The predicted octanol–water partition coefficient (Wildman–Crippen LogP) is 3.77. The zero-order valence-corrected chi connectivity index (χ0v) is 12.5. The van der Waals surface area contributed by atoms with Crippen LogP contribution >= 0.6 is 31.2 Å². The second-order valence-electron chi connectivity index (χ2n) is 4.29. The molecule has 0 aliphatic heterocycles. The van der Waals surface area contributed by atoms with Crippen molar-refractivity contribution < 1.29 is 0 Å². The summed E-state index contributed by atoms with van der Waals surface area (Å²) in [7, 11) is -0.965. The highest BCUT2D eigenvalue weighted by Gasteiger charge is 2.37. The maximum absolute atomic E-state index is 3.81. The van der Waals surface area contributed by atoms with Crippen LogP contribution in [-0.2, 0) is 0 Å². The van der Waals surface area contributed by atoms with E-state index in [2.05, 4.69) is 64.0 Å². The molecule has 0 aromatic carbocycles. The Morgan fingerprint density at radius 3 is 1.30 bits per heavy atom. The van der Waals surface area contributed by atoms with Crippen LogP contribution in [0.5, 0.6) is 0 Å². The van der Waals surface area contributed by atoms with Crippen molar-refractivity contribution in [2.24, 2.45) is 0 Å². The van der Waals surface area contributed by atoms with Crippen LogP contribution < -0.4 is 0 Å². The second kappa shape index (κ2) is 3.41. The van der Waals surface area contributed by atoms with Crippen LogP contribution in [0.1, 0.15) is 0 Å². The topological polar surface area (TPSA) is 0 Å². The first-order valence-corrected chi connectivity index (χ1v) is 13.3. The van der Waals surface area contributed by atoms with Gasteiger partial charge in [0.2, 0.25) is 0 Å². The van der Waals surface area contributed by atoms with Crippen LogP contribution in [-0.4, -0.2) is 18.8 Å². The van der Waals surface area contributed by atoms with E-state index < -0.39 is 14.8 Å².